The van der Waals surface area contributed by atoms with E-state index in [0.717, 1.165) is 31.3 Å². The molecule has 0 aliphatic rings. The van der Waals surface area contributed by atoms with Gasteiger partial charge in [-0.1, -0.05) is 42.5 Å². The molecule has 2 rings (SSSR count). The molecule has 0 saturated heterocycles. The molecule has 21 heavy (non-hydrogen) atoms. The molecule has 0 aromatic heterocycles. The van der Waals surface area contributed by atoms with Gasteiger partial charge < -0.3 is 0 Å². The molecule has 0 unspecified atom stereocenters. The molecule has 0 spiro atoms. The summed E-state index contributed by atoms with van der Waals surface area (Å²) in [5, 5.41) is 20.2. The highest BCUT2D eigenvalue weighted by atomic mass is 14.3. The molecular formula is C19H18N2. The predicted octanol–water partition coefficient (Wildman–Crippen LogP) is 4.92. The van der Waals surface area contributed by atoms with E-state index in [0.29, 0.717) is 0 Å². The topological polar surface area (TPSA) is 47.6 Å². The molecule has 2 nitrogen and oxygen atoms in total. The maximum Gasteiger partial charge on any atom is 0.128 e. The highest BCUT2D eigenvalue weighted by Gasteiger charge is 2.01. The quantitative estimate of drug-likeness (QED) is 0.574. The number of unbranched alkanes of at least 4 members (excludes halogenated alkanes) is 1. The number of rotatable bonds is 5. The fourth-order valence-electron chi connectivity index (χ4n) is 2.45. The van der Waals surface area contributed by atoms with Crippen molar-refractivity contribution < 1.29 is 0 Å². The van der Waals surface area contributed by atoms with Crippen LogP contribution < -0.4 is 0 Å². The highest BCUT2D eigenvalue weighted by molar-refractivity contribution is 5.82. The summed E-state index contributed by atoms with van der Waals surface area (Å²) in [5.41, 5.74) is 2.51. The summed E-state index contributed by atoms with van der Waals surface area (Å²) >= 11 is 0. The zero-order valence-electron chi connectivity index (χ0n) is 12.3. The first-order valence-corrected chi connectivity index (χ1v) is 7.22. The third-order valence-electron chi connectivity index (χ3n) is 3.73. The first kappa shape index (κ1) is 14.8. The minimum absolute atomic E-state index is 0.265. The molecule has 0 radical (unpaired) electrons. The van der Waals surface area contributed by atoms with Crippen LogP contribution in [-0.4, -0.2) is 0 Å². The second-order valence-electron chi connectivity index (χ2n) is 5.27. The number of fused-ring (bicyclic) bond motifs is 1. The van der Waals surface area contributed by atoms with Crippen molar-refractivity contribution in [2.45, 2.75) is 32.6 Å². The number of nitriles is 2. The summed E-state index contributed by atoms with van der Waals surface area (Å²) in [7, 11) is 0. The van der Waals surface area contributed by atoms with Crippen LogP contribution in [0.3, 0.4) is 0 Å². The first-order valence-electron chi connectivity index (χ1n) is 7.22. The molecule has 0 aliphatic heterocycles. The Hall–Kier alpha value is -2.58. The molecular weight excluding hydrogens is 256 g/mol. The van der Waals surface area contributed by atoms with E-state index in [4.69, 9.17) is 10.5 Å². The number of hydrogen-bond donors (Lipinski definition) is 0. The van der Waals surface area contributed by atoms with Crippen molar-refractivity contribution in [3.05, 3.63) is 59.2 Å². The SMILES string of the molecule is CC(CCCCc1ccc2ccccc2c1)=C(C#N)C#N. The molecule has 0 fully saturated rings. The van der Waals surface area contributed by atoms with Gasteiger partial charge in [-0.3, -0.25) is 0 Å². The largest absolute Gasteiger partial charge is 0.192 e. The van der Waals surface area contributed by atoms with E-state index in [-0.39, 0.29) is 5.57 Å². The molecule has 0 bridgehead atoms. The Balaban J connectivity index is 1.90. The Labute approximate surface area is 125 Å². The van der Waals surface area contributed by atoms with E-state index in [9.17, 15) is 0 Å². The second kappa shape index (κ2) is 7.27. The number of benzene rings is 2. The summed E-state index contributed by atoms with van der Waals surface area (Å²) in [6.45, 7) is 1.87. The van der Waals surface area contributed by atoms with Gasteiger partial charge in [0.15, 0.2) is 0 Å². The number of allylic oxidation sites excluding steroid dienone is 2. The first-order chi connectivity index (χ1) is 10.2. The Kier molecular flexibility index (Phi) is 5.13. The lowest BCUT2D eigenvalue weighted by Gasteiger charge is -2.05. The van der Waals surface area contributed by atoms with Crippen molar-refractivity contribution in [1.82, 2.24) is 0 Å². The minimum atomic E-state index is 0.265. The number of aryl methyl sites for hydroxylation is 1. The Morgan fingerprint density at radius 2 is 1.67 bits per heavy atom. The fourth-order valence-corrected chi connectivity index (χ4v) is 2.45. The van der Waals surface area contributed by atoms with E-state index in [1.807, 2.05) is 19.1 Å². The van der Waals surface area contributed by atoms with Gasteiger partial charge in [-0.15, -0.1) is 0 Å². The standard InChI is InChI=1S/C19H18N2/c1-15(19(13-20)14-21)6-2-3-7-16-10-11-17-8-4-5-9-18(17)12-16/h4-5,8-12H,2-3,6-7H2,1H3. The Morgan fingerprint density at radius 3 is 2.38 bits per heavy atom. The van der Waals surface area contributed by atoms with E-state index < -0.39 is 0 Å². The summed E-state index contributed by atoms with van der Waals surface area (Å²) in [4.78, 5) is 0. The third-order valence-corrected chi connectivity index (χ3v) is 3.73. The molecule has 0 amide bonds. The van der Waals surface area contributed by atoms with Gasteiger partial charge in [0.25, 0.3) is 0 Å². The lowest BCUT2D eigenvalue weighted by molar-refractivity contribution is 0.728. The molecule has 0 atom stereocenters. The lowest BCUT2D eigenvalue weighted by atomic mass is 10.0. The zero-order valence-corrected chi connectivity index (χ0v) is 12.3. The predicted molar refractivity (Wildman–Crippen MR) is 85.4 cm³/mol. The van der Waals surface area contributed by atoms with Gasteiger partial charge in [0.2, 0.25) is 0 Å². The van der Waals surface area contributed by atoms with Gasteiger partial charge in [-0.25, -0.2) is 0 Å². The van der Waals surface area contributed by atoms with Crippen molar-refractivity contribution >= 4 is 10.8 Å². The Bertz CT molecular complexity index is 726. The van der Waals surface area contributed by atoms with Crippen molar-refractivity contribution in [2.24, 2.45) is 0 Å². The van der Waals surface area contributed by atoms with E-state index >= 15 is 0 Å². The van der Waals surface area contributed by atoms with Crippen LogP contribution in [0.2, 0.25) is 0 Å². The van der Waals surface area contributed by atoms with Gasteiger partial charge in [0, 0.05) is 0 Å². The van der Waals surface area contributed by atoms with Gasteiger partial charge in [-0.05, 0) is 54.5 Å². The van der Waals surface area contributed by atoms with Crippen LogP contribution in [0.1, 0.15) is 31.7 Å². The minimum Gasteiger partial charge on any atom is -0.192 e. The summed E-state index contributed by atoms with van der Waals surface area (Å²) in [5.74, 6) is 0. The molecule has 104 valence electrons. The summed E-state index contributed by atoms with van der Waals surface area (Å²) in [6.07, 6.45) is 3.93. The maximum atomic E-state index is 8.80. The van der Waals surface area contributed by atoms with Crippen LogP contribution >= 0.6 is 0 Å². The molecule has 0 saturated carbocycles. The number of hydrogen-bond acceptors (Lipinski definition) is 2. The zero-order chi connectivity index (χ0) is 15.1. The van der Waals surface area contributed by atoms with Crippen LogP contribution in [-0.2, 0) is 6.42 Å². The Morgan fingerprint density at radius 1 is 0.952 bits per heavy atom. The lowest BCUT2D eigenvalue weighted by Crippen LogP contribution is -1.89. The van der Waals surface area contributed by atoms with E-state index in [2.05, 4.69) is 42.5 Å². The van der Waals surface area contributed by atoms with Gasteiger partial charge in [0.1, 0.15) is 17.7 Å². The van der Waals surface area contributed by atoms with Crippen LogP contribution in [0.15, 0.2) is 53.6 Å². The molecule has 0 aliphatic carbocycles. The average molecular weight is 274 g/mol. The van der Waals surface area contributed by atoms with E-state index in [1.54, 1.807) is 0 Å². The van der Waals surface area contributed by atoms with Crippen molar-refractivity contribution in [3.63, 3.8) is 0 Å². The molecule has 2 heteroatoms. The second-order valence-corrected chi connectivity index (χ2v) is 5.27. The van der Waals surface area contributed by atoms with Crippen LogP contribution in [0.5, 0.6) is 0 Å². The summed E-state index contributed by atoms with van der Waals surface area (Å²) < 4.78 is 0. The van der Waals surface area contributed by atoms with E-state index in [1.165, 1.54) is 16.3 Å². The monoisotopic (exact) mass is 274 g/mol. The van der Waals surface area contributed by atoms with Gasteiger partial charge in [-0.2, -0.15) is 10.5 Å². The molecule has 0 N–H and O–H groups in total. The van der Waals surface area contributed by atoms with Gasteiger partial charge in [0.05, 0.1) is 0 Å². The van der Waals surface area contributed by atoms with Gasteiger partial charge >= 0.3 is 0 Å². The van der Waals surface area contributed by atoms with Crippen molar-refractivity contribution in [2.75, 3.05) is 0 Å². The highest BCUT2D eigenvalue weighted by Crippen LogP contribution is 2.18. The number of nitrogens with zero attached hydrogens (tertiary/aromatic N) is 2. The summed E-state index contributed by atoms with van der Waals surface area (Å²) in [6, 6.07) is 18.9. The third kappa shape index (κ3) is 3.94. The average Bonchev–Trinajstić information content (AvgIpc) is 2.52. The smallest absolute Gasteiger partial charge is 0.128 e. The maximum absolute atomic E-state index is 8.80. The van der Waals surface area contributed by atoms with Crippen LogP contribution in [0.25, 0.3) is 10.8 Å². The fraction of sp³-hybridized carbons (Fsp3) is 0.263. The van der Waals surface area contributed by atoms with Crippen molar-refractivity contribution in [1.29, 1.82) is 10.5 Å². The molecule has 0 heterocycles. The normalized spacial score (nSPS) is 9.86. The van der Waals surface area contributed by atoms with Crippen molar-refractivity contribution in [3.8, 4) is 12.1 Å². The molecule has 2 aromatic rings. The molecule has 2 aromatic carbocycles. The van der Waals surface area contributed by atoms with Crippen LogP contribution in [0.4, 0.5) is 0 Å². The van der Waals surface area contributed by atoms with Crippen LogP contribution in [0, 0.1) is 22.7 Å².